The van der Waals surface area contributed by atoms with E-state index in [9.17, 15) is 14.0 Å². The van der Waals surface area contributed by atoms with Crippen LogP contribution in [0, 0.1) is 5.82 Å². The van der Waals surface area contributed by atoms with Crippen LogP contribution in [0.25, 0.3) is 0 Å². The third-order valence-electron chi connectivity index (χ3n) is 3.27. The Morgan fingerprint density at radius 1 is 1.22 bits per heavy atom. The minimum Gasteiger partial charge on any atom is -0.290 e. The number of H-pyrrole nitrogens is 1. The van der Waals surface area contributed by atoms with E-state index in [0.29, 0.717) is 6.42 Å². The van der Waals surface area contributed by atoms with Crippen LogP contribution in [0.2, 0.25) is 0 Å². The van der Waals surface area contributed by atoms with Crippen LogP contribution in [0.5, 0.6) is 0 Å². The number of halogens is 1. The second-order valence-corrected chi connectivity index (χ2v) is 5.64. The number of aromatic nitrogens is 4. The Balaban J connectivity index is 1.73. The number of nitrogens with one attached hydrogen (secondary N) is 1. The number of carbonyl (C=O) groups is 2. The number of hydrogen-bond donors (Lipinski definition) is 1. The number of rotatable bonds is 6. The van der Waals surface area contributed by atoms with Gasteiger partial charge in [-0.1, -0.05) is 12.1 Å². The van der Waals surface area contributed by atoms with Crippen LogP contribution >= 0.6 is 11.3 Å². The normalized spacial score (nSPS) is 10.7. The van der Waals surface area contributed by atoms with Crippen LogP contribution in [-0.2, 0) is 17.6 Å². The van der Waals surface area contributed by atoms with Crippen LogP contribution in [-0.4, -0.2) is 32.2 Å². The Morgan fingerprint density at radius 3 is 2.78 bits per heavy atom. The fourth-order valence-electron chi connectivity index (χ4n) is 2.16. The summed E-state index contributed by atoms with van der Waals surface area (Å²) in [7, 11) is 0. The molecule has 0 aliphatic carbocycles. The smallest absolute Gasteiger partial charge is 0.269 e. The SMILES string of the molecule is O=C(Cc1cscc1Cc1cccc(F)c1)C(=O)c1nn[nH]n1. The maximum absolute atomic E-state index is 13.3. The van der Waals surface area contributed by atoms with Gasteiger partial charge in [-0.05, 0) is 51.2 Å². The summed E-state index contributed by atoms with van der Waals surface area (Å²) >= 11 is 1.43. The molecule has 116 valence electrons. The molecular formula is C15H11FN4O2S. The Morgan fingerprint density at radius 2 is 2.04 bits per heavy atom. The van der Waals surface area contributed by atoms with E-state index in [1.165, 1.54) is 23.5 Å². The van der Waals surface area contributed by atoms with E-state index in [4.69, 9.17) is 0 Å². The Bertz CT molecular complexity index is 845. The van der Waals surface area contributed by atoms with Crippen molar-refractivity contribution in [2.24, 2.45) is 0 Å². The van der Waals surface area contributed by atoms with Gasteiger partial charge in [-0.3, -0.25) is 9.59 Å². The zero-order chi connectivity index (χ0) is 16.2. The molecule has 3 aromatic rings. The van der Waals surface area contributed by atoms with Gasteiger partial charge in [0.2, 0.25) is 11.6 Å². The molecule has 6 nitrogen and oxygen atoms in total. The highest BCUT2D eigenvalue weighted by molar-refractivity contribution is 7.08. The van der Waals surface area contributed by atoms with E-state index in [2.05, 4.69) is 20.6 Å². The number of tetrazole rings is 1. The lowest BCUT2D eigenvalue weighted by atomic mass is 10.00. The van der Waals surface area contributed by atoms with Gasteiger partial charge in [-0.25, -0.2) is 4.39 Å². The molecule has 0 aliphatic rings. The van der Waals surface area contributed by atoms with Crippen molar-refractivity contribution in [2.45, 2.75) is 12.8 Å². The molecular weight excluding hydrogens is 319 g/mol. The summed E-state index contributed by atoms with van der Waals surface area (Å²) in [5.41, 5.74) is 2.46. The van der Waals surface area contributed by atoms with Gasteiger partial charge in [0.15, 0.2) is 0 Å². The number of hydrogen-bond acceptors (Lipinski definition) is 6. The summed E-state index contributed by atoms with van der Waals surface area (Å²) < 4.78 is 13.3. The van der Waals surface area contributed by atoms with Gasteiger partial charge in [0.25, 0.3) is 5.78 Å². The third kappa shape index (κ3) is 3.54. The maximum Gasteiger partial charge on any atom is 0.269 e. The van der Waals surface area contributed by atoms with Gasteiger partial charge >= 0.3 is 0 Å². The van der Waals surface area contributed by atoms with Crippen molar-refractivity contribution in [1.29, 1.82) is 0 Å². The Kier molecular flexibility index (Phi) is 4.33. The summed E-state index contributed by atoms with van der Waals surface area (Å²) in [6.07, 6.45) is 0.460. The number of aromatic amines is 1. The first kappa shape index (κ1) is 15.2. The number of thiophene rings is 1. The molecule has 0 bridgehead atoms. The summed E-state index contributed by atoms with van der Waals surface area (Å²) in [5, 5.41) is 16.1. The first-order chi connectivity index (χ1) is 11.1. The fourth-order valence-corrected chi connectivity index (χ4v) is 3.03. The van der Waals surface area contributed by atoms with E-state index >= 15 is 0 Å². The van der Waals surface area contributed by atoms with E-state index in [1.54, 1.807) is 6.07 Å². The van der Waals surface area contributed by atoms with Crippen molar-refractivity contribution in [1.82, 2.24) is 20.6 Å². The molecule has 8 heteroatoms. The van der Waals surface area contributed by atoms with Crippen molar-refractivity contribution in [3.05, 3.63) is 63.4 Å². The van der Waals surface area contributed by atoms with Crippen LogP contribution in [0.15, 0.2) is 35.0 Å². The van der Waals surface area contributed by atoms with Crippen molar-refractivity contribution in [3.63, 3.8) is 0 Å². The van der Waals surface area contributed by atoms with Crippen molar-refractivity contribution < 1.29 is 14.0 Å². The van der Waals surface area contributed by atoms with Gasteiger partial charge in [0.1, 0.15) is 5.82 Å². The zero-order valence-corrected chi connectivity index (χ0v) is 12.6. The minimum absolute atomic E-state index is 0.0402. The number of Topliss-reactive ketones (excluding diaryl/α,β-unsaturated/α-hetero) is 2. The molecule has 0 radical (unpaired) electrons. The number of carbonyl (C=O) groups excluding carboxylic acids is 2. The molecule has 23 heavy (non-hydrogen) atoms. The quantitative estimate of drug-likeness (QED) is 0.551. The van der Waals surface area contributed by atoms with Crippen molar-refractivity contribution in [3.8, 4) is 0 Å². The molecule has 0 amide bonds. The number of benzene rings is 1. The van der Waals surface area contributed by atoms with Gasteiger partial charge in [-0.15, -0.1) is 10.2 Å². The van der Waals surface area contributed by atoms with Crippen LogP contribution in [0.4, 0.5) is 4.39 Å². The molecule has 0 fully saturated rings. The second-order valence-electron chi connectivity index (χ2n) is 4.89. The highest BCUT2D eigenvalue weighted by Crippen LogP contribution is 2.20. The zero-order valence-electron chi connectivity index (χ0n) is 11.8. The van der Waals surface area contributed by atoms with E-state index < -0.39 is 11.6 Å². The first-order valence-electron chi connectivity index (χ1n) is 6.73. The van der Waals surface area contributed by atoms with E-state index in [1.807, 2.05) is 16.8 Å². The first-order valence-corrected chi connectivity index (χ1v) is 7.67. The molecule has 2 aromatic heterocycles. The van der Waals surface area contributed by atoms with Gasteiger partial charge < -0.3 is 0 Å². The summed E-state index contributed by atoms with van der Waals surface area (Å²) in [5.74, 6) is -1.92. The molecule has 0 unspecified atom stereocenters. The Labute approximate surface area is 134 Å². The highest BCUT2D eigenvalue weighted by Gasteiger charge is 2.22. The highest BCUT2D eigenvalue weighted by atomic mass is 32.1. The molecule has 0 aliphatic heterocycles. The molecule has 3 rings (SSSR count). The average molecular weight is 330 g/mol. The molecule has 2 heterocycles. The lowest BCUT2D eigenvalue weighted by Gasteiger charge is -2.04. The topological polar surface area (TPSA) is 88.6 Å². The maximum atomic E-state index is 13.3. The second kappa shape index (κ2) is 6.57. The molecule has 1 aromatic carbocycles. The lowest BCUT2D eigenvalue weighted by Crippen LogP contribution is -2.18. The monoisotopic (exact) mass is 330 g/mol. The standard InChI is InChI=1S/C15H11FN4O2S/c16-12-3-1-2-9(5-12)4-10-7-23-8-11(10)6-13(21)14(22)15-17-19-20-18-15/h1-3,5,7-8H,4,6H2,(H,17,18,19,20). The van der Waals surface area contributed by atoms with Crippen LogP contribution in [0.3, 0.4) is 0 Å². The molecule has 0 spiro atoms. The molecule has 0 saturated carbocycles. The summed E-state index contributed by atoms with van der Waals surface area (Å²) in [6.45, 7) is 0. The fraction of sp³-hybridized carbons (Fsp3) is 0.133. The predicted octanol–water partition coefficient (Wildman–Crippen LogP) is 1.99. The average Bonchev–Trinajstić information content (AvgIpc) is 3.19. The number of nitrogens with zero attached hydrogens (tertiary/aromatic N) is 3. The molecule has 1 N–H and O–H groups in total. The van der Waals surface area contributed by atoms with Gasteiger partial charge in [-0.2, -0.15) is 16.6 Å². The van der Waals surface area contributed by atoms with Crippen molar-refractivity contribution in [2.75, 3.05) is 0 Å². The van der Waals surface area contributed by atoms with Crippen LogP contribution in [0.1, 0.15) is 27.3 Å². The predicted molar refractivity (Wildman–Crippen MR) is 80.7 cm³/mol. The van der Waals surface area contributed by atoms with Crippen molar-refractivity contribution >= 4 is 22.9 Å². The summed E-state index contributed by atoms with van der Waals surface area (Å²) in [6, 6.07) is 6.29. The lowest BCUT2D eigenvalue weighted by molar-refractivity contribution is -0.114. The largest absolute Gasteiger partial charge is 0.290 e. The molecule has 0 atom stereocenters. The third-order valence-corrected chi connectivity index (χ3v) is 4.11. The molecule has 0 saturated heterocycles. The summed E-state index contributed by atoms with van der Waals surface area (Å²) in [4.78, 5) is 23.9. The van der Waals surface area contributed by atoms with E-state index in [-0.39, 0.29) is 18.1 Å². The number of ketones is 2. The Hall–Kier alpha value is -2.74. The van der Waals surface area contributed by atoms with Gasteiger partial charge in [0.05, 0.1) is 0 Å². The van der Waals surface area contributed by atoms with Gasteiger partial charge in [0, 0.05) is 6.42 Å². The van der Waals surface area contributed by atoms with Crippen LogP contribution < -0.4 is 0 Å². The minimum atomic E-state index is -0.776. The van der Waals surface area contributed by atoms with E-state index in [0.717, 1.165) is 16.7 Å².